The Bertz CT molecular complexity index is 1410. The van der Waals surface area contributed by atoms with Gasteiger partial charge in [0.25, 0.3) is 5.56 Å². The smallest absolute Gasteiger partial charge is 0.338 e. The minimum absolute atomic E-state index is 0.195. The summed E-state index contributed by atoms with van der Waals surface area (Å²) in [5, 5.41) is 4.28. The molecule has 4 rings (SSSR count). The molecule has 1 unspecified atom stereocenters. The summed E-state index contributed by atoms with van der Waals surface area (Å²) in [4.78, 5) is 33.8. The highest BCUT2D eigenvalue weighted by Crippen LogP contribution is 2.31. The van der Waals surface area contributed by atoms with Gasteiger partial charge in [-0.25, -0.2) is 9.79 Å². The zero-order chi connectivity index (χ0) is 24.4. The minimum Gasteiger partial charge on any atom is -0.466 e. The van der Waals surface area contributed by atoms with Crippen molar-refractivity contribution in [3.8, 4) is 0 Å². The third kappa shape index (κ3) is 4.11. The highest BCUT2D eigenvalue weighted by molar-refractivity contribution is 7.07. The number of hydrogen-bond acceptors (Lipinski definition) is 7. The van der Waals surface area contributed by atoms with Crippen LogP contribution in [-0.4, -0.2) is 40.5 Å². The second kappa shape index (κ2) is 9.80. The van der Waals surface area contributed by atoms with Crippen LogP contribution >= 0.6 is 11.3 Å². The number of aryl methyl sites for hydroxylation is 1. The summed E-state index contributed by atoms with van der Waals surface area (Å²) < 4.78 is 9.06. The molecule has 3 heterocycles. The van der Waals surface area contributed by atoms with E-state index in [4.69, 9.17) is 4.74 Å². The van der Waals surface area contributed by atoms with Gasteiger partial charge >= 0.3 is 5.97 Å². The fourth-order valence-corrected chi connectivity index (χ4v) is 5.36. The van der Waals surface area contributed by atoms with Crippen LogP contribution in [0.3, 0.4) is 0 Å². The number of hydrogen-bond donors (Lipinski definition) is 0. The van der Waals surface area contributed by atoms with Crippen LogP contribution in [0.15, 0.2) is 57.6 Å². The van der Waals surface area contributed by atoms with Gasteiger partial charge in [-0.05, 0) is 57.5 Å². The van der Waals surface area contributed by atoms with Crippen molar-refractivity contribution < 1.29 is 9.53 Å². The Hall–Kier alpha value is -3.46. The van der Waals surface area contributed by atoms with Crippen molar-refractivity contribution >= 4 is 29.1 Å². The maximum Gasteiger partial charge on any atom is 0.338 e. The van der Waals surface area contributed by atoms with E-state index in [-0.39, 0.29) is 5.56 Å². The van der Waals surface area contributed by atoms with Gasteiger partial charge in [-0.15, -0.1) is 0 Å². The van der Waals surface area contributed by atoms with Crippen molar-refractivity contribution in [2.24, 2.45) is 4.99 Å². The molecule has 1 atom stereocenters. The number of carbonyl (C=O) groups excluding carboxylic acids is 1. The number of rotatable bonds is 7. The first-order valence-corrected chi connectivity index (χ1v) is 12.2. The summed E-state index contributed by atoms with van der Waals surface area (Å²) in [5.74, 6) is -0.489. The lowest BCUT2D eigenvalue weighted by Crippen LogP contribution is -2.39. The molecule has 0 spiro atoms. The Balaban J connectivity index is 1.91. The molecule has 9 heteroatoms. The standard InChI is InChI=1S/C25H29N5O3S/c1-6-28(7-2)18-11-9-17(10-12-18)22-21(24(32)33-5)16(4)27-25-30(22)23(31)20(34-25)15-19-13-14-26-29(19)8-3/h9-15,22H,6-8H2,1-5H3. The van der Waals surface area contributed by atoms with Crippen LogP contribution in [0.2, 0.25) is 0 Å². The number of allylic oxidation sites excluding steroid dienone is 1. The Morgan fingerprint density at radius 3 is 2.50 bits per heavy atom. The quantitative estimate of drug-likeness (QED) is 0.487. The van der Waals surface area contributed by atoms with Crippen LogP contribution in [0.5, 0.6) is 0 Å². The zero-order valence-corrected chi connectivity index (χ0v) is 20.9. The van der Waals surface area contributed by atoms with Crippen molar-refractivity contribution in [2.75, 3.05) is 25.1 Å². The second-order valence-electron chi connectivity index (χ2n) is 7.91. The van der Waals surface area contributed by atoms with E-state index in [0.717, 1.165) is 30.0 Å². The Labute approximate surface area is 202 Å². The normalized spacial score (nSPS) is 15.8. The molecule has 0 N–H and O–H groups in total. The Morgan fingerprint density at radius 1 is 1.18 bits per heavy atom. The number of carbonyl (C=O) groups is 1. The van der Waals surface area contributed by atoms with E-state index in [9.17, 15) is 9.59 Å². The molecule has 0 amide bonds. The molecule has 34 heavy (non-hydrogen) atoms. The summed E-state index contributed by atoms with van der Waals surface area (Å²) in [7, 11) is 1.35. The van der Waals surface area contributed by atoms with E-state index < -0.39 is 12.0 Å². The highest BCUT2D eigenvalue weighted by Gasteiger charge is 2.33. The number of ether oxygens (including phenoxy) is 1. The molecule has 2 aromatic heterocycles. The van der Waals surface area contributed by atoms with E-state index in [1.807, 2.05) is 48.0 Å². The molecule has 0 fully saturated rings. The van der Waals surface area contributed by atoms with Gasteiger partial charge in [0.2, 0.25) is 0 Å². The minimum atomic E-state index is -0.618. The fourth-order valence-electron chi connectivity index (χ4n) is 4.33. The summed E-state index contributed by atoms with van der Waals surface area (Å²) in [6, 6.07) is 9.26. The topological polar surface area (TPSA) is 81.7 Å². The van der Waals surface area contributed by atoms with Crippen molar-refractivity contribution in [2.45, 2.75) is 40.3 Å². The summed E-state index contributed by atoms with van der Waals surface area (Å²) in [5.41, 5.74) is 3.49. The number of benzene rings is 1. The van der Waals surface area contributed by atoms with Gasteiger partial charge in [0, 0.05) is 31.5 Å². The van der Waals surface area contributed by atoms with Crippen LogP contribution in [-0.2, 0) is 16.1 Å². The van der Waals surface area contributed by atoms with Crippen LogP contribution in [0.1, 0.15) is 45.0 Å². The molecular weight excluding hydrogens is 450 g/mol. The van der Waals surface area contributed by atoms with Gasteiger partial charge in [-0.3, -0.25) is 14.0 Å². The third-order valence-corrected chi connectivity index (χ3v) is 7.08. The molecule has 1 aliphatic heterocycles. The lowest BCUT2D eigenvalue weighted by molar-refractivity contribution is -0.136. The predicted octanol–water partition coefficient (Wildman–Crippen LogP) is 2.47. The fraction of sp³-hybridized carbons (Fsp3) is 0.360. The third-order valence-electron chi connectivity index (χ3n) is 6.09. The van der Waals surface area contributed by atoms with Gasteiger partial charge in [0.15, 0.2) is 4.80 Å². The van der Waals surface area contributed by atoms with Crippen molar-refractivity contribution in [3.05, 3.63) is 78.7 Å². The number of nitrogens with zero attached hydrogens (tertiary/aromatic N) is 5. The van der Waals surface area contributed by atoms with Gasteiger partial charge in [0.1, 0.15) is 0 Å². The van der Waals surface area contributed by atoms with Crippen LogP contribution in [0.25, 0.3) is 6.08 Å². The maximum absolute atomic E-state index is 13.6. The SMILES string of the molecule is CCN(CC)c1ccc(C2C(C(=O)OC)=C(C)N=c3sc(=Cc4ccnn4CC)c(=O)n32)cc1. The van der Waals surface area contributed by atoms with E-state index in [0.29, 0.717) is 27.1 Å². The first-order valence-electron chi connectivity index (χ1n) is 11.4. The van der Waals surface area contributed by atoms with Crippen LogP contribution in [0.4, 0.5) is 5.69 Å². The average Bonchev–Trinajstić information content (AvgIpc) is 3.42. The number of aromatic nitrogens is 3. The van der Waals surface area contributed by atoms with Crippen molar-refractivity contribution in [1.29, 1.82) is 0 Å². The number of esters is 1. The van der Waals surface area contributed by atoms with Crippen molar-refractivity contribution in [1.82, 2.24) is 14.3 Å². The largest absolute Gasteiger partial charge is 0.466 e. The maximum atomic E-state index is 13.6. The summed E-state index contributed by atoms with van der Waals surface area (Å²) in [6.45, 7) is 10.5. The molecule has 0 saturated carbocycles. The molecule has 0 aliphatic carbocycles. The number of fused-ring (bicyclic) bond motifs is 1. The van der Waals surface area contributed by atoms with Gasteiger partial charge in [0.05, 0.1) is 34.6 Å². The van der Waals surface area contributed by atoms with Gasteiger partial charge < -0.3 is 9.64 Å². The summed E-state index contributed by atoms with van der Waals surface area (Å²) >= 11 is 1.31. The monoisotopic (exact) mass is 479 g/mol. The Kier molecular flexibility index (Phi) is 6.83. The van der Waals surface area contributed by atoms with E-state index in [1.54, 1.807) is 17.7 Å². The molecule has 8 nitrogen and oxygen atoms in total. The molecule has 0 radical (unpaired) electrons. The zero-order valence-electron chi connectivity index (χ0n) is 20.1. The first-order chi connectivity index (χ1) is 16.4. The molecule has 3 aromatic rings. The molecule has 0 bridgehead atoms. The highest BCUT2D eigenvalue weighted by atomic mass is 32.1. The number of methoxy groups -OCH3 is 1. The summed E-state index contributed by atoms with van der Waals surface area (Å²) in [6.07, 6.45) is 3.55. The van der Waals surface area contributed by atoms with Crippen LogP contribution in [0, 0.1) is 0 Å². The van der Waals surface area contributed by atoms with Gasteiger partial charge in [-0.1, -0.05) is 23.5 Å². The molecule has 1 aliphatic rings. The van der Waals surface area contributed by atoms with E-state index in [1.165, 1.54) is 18.4 Å². The van der Waals surface area contributed by atoms with Gasteiger partial charge in [-0.2, -0.15) is 5.10 Å². The number of anilines is 1. The Morgan fingerprint density at radius 2 is 1.88 bits per heavy atom. The second-order valence-corrected chi connectivity index (χ2v) is 8.92. The van der Waals surface area contributed by atoms with Crippen LogP contribution < -0.4 is 19.8 Å². The number of thiazole rings is 1. The van der Waals surface area contributed by atoms with E-state index in [2.05, 4.69) is 28.8 Å². The molecular formula is C25H29N5O3S. The average molecular weight is 480 g/mol. The van der Waals surface area contributed by atoms with E-state index >= 15 is 0 Å². The lowest BCUT2D eigenvalue weighted by atomic mass is 9.95. The predicted molar refractivity (Wildman–Crippen MR) is 134 cm³/mol. The first kappa shape index (κ1) is 23.7. The molecule has 1 aromatic carbocycles. The molecule has 0 saturated heterocycles. The lowest BCUT2D eigenvalue weighted by Gasteiger charge is -2.26. The molecule has 178 valence electrons. The van der Waals surface area contributed by atoms with Crippen molar-refractivity contribution in [3.63, 3.8) is 0 Å².